The Morgan fingerprint density at radius 3 is 2.39 bits per heavy atom. The molecule has 6 heteroatoms. The number of rotatable bonds is 5. The Labute approximate surface area is 218 Å². The quantitative estimate of drug-likeness (QED) is 0.398. The molecule has 36 heavy (non-hydrogen) atoms. The average molecular weight is 506 g/mol. The topological polar surface area (TPSA) is 48.7 Å². The Balaban J connectivity index is 1.38. The van der Waals surface area contributed by atoms with Crippen LogP contribution >= 0.6 is 11.3 Å². The normalized spacial score (nSPS) is 19.9. The van der Waals surface area contributed by atoms with E-state index in [1.165, 1.54) is 116 Å². The number of carboxylic acids is 1. The summed E-state index contributed by atoms with van der Waals surface area (Å²) in [6, 6.07) is 10.9. The molecule has 6 rings (SSSR count). The summed E-state index contributed by atoms with van der Waals surface area (Å²) in [6.07, 6.45) is 13.1. The second-order valence-electron chi connectivity index (χ2n) is 11.0. The Kier molecular flexibility index (Phi) is 7.07. The molecule has 0 spiro atoms. The molecule has 1 N–H and O–H groups in total. The van der Waals surface area contributed by atoms with Gasteiger partial charge in [0.05, 0.1) is 15.9 Å². The van der Waals surface area contributed by atoms with E-state index < -0.39 is 5.97 Å². The molecular formula is C30H39N3O2S. The molecule has 2 aliphatic heterocycles. The number of benzene rings is 1. The zero-order valence-electron chi connectivity index (χ0n) is 21.4. The predicted octanol–water partition coefficient (Wildman–Crippen LogP) is 7.20. The summed E-state index contributed by atoms with van der Waals surface area (Å²) in [4.78, 5) is 17.7. The van der Waals surface area contributed by atoms with E-state index in [-0.39, 0.29) is 0 Å². The van der Waals surface area contributed by atoms with Crippen molar-refractivity contribution in [3.05, 3.63) is 40.8 Å². The zero-order chi connectivity index (χ0) is 24.5. The minimum Gasteiger partial charge on any atom is -0.477 e. The lowest BCUT2D eigenvalue weighted by Crippen LogP contribution is -2.37. The van der Waals surface area contributed by atoms with Gasteiger partial charge in [0.15, 0.2) is 0 Å². The van der Waals surface area contributed by atoms with Crippen molar-refractivity contribution in [1.29, 1.82) is 0 Å². The van der Waals surface area contributed by atoms with Crippen LogP contribution < -0.4 is 4.90 Å². The van der Waals surface area contributed by atoms with Crippen molar-refractivity contribution in [3.63, 3.8) is 0 Å². The van der Waals surface area contributed by atoms with Crippen LogP contribution in [0.3, 0.4) is 0 Å². The molecule has 1 saturated heterocycles. The summed E-state index contributed by atoms with van der Waals surface area (Å²) in [7, 11) is 0. The molecule has 0 amide bonds. The molecule has 0 radical (unpaired) electrons. The third kappa shape index (κ3) is 4.58. The monoisotopic (exact) mass is 505 g/mol. The fourth-order valence-electron chi connectivity index (χ4n) is 6.87. The molecule has 192 valence electrons. The highest BCUT2D eigenvalue weighted by Crippen LogP contribution is 2.49. The molecule has 3 aliphatic rings. The summed E-state index contributed by atoms with van der Waals surface area (Å²) >= 11 is 1.49. The third-order valence-corrected chi connectivity index (χ3v) is 9.87. The minimum atomic E-state index is -0.802. The van der Waals surface area contributed by atoms with E-state index in [1.807, 2.05) is 6.07 Å². The molecule has 4 heterocycles. The number of carbonyl (C=O) groups is 1. The van der Waals surface area contributed by atoms with Gasteiger partial charge in [0.1, 0.15) is 4.88 Å². The SMILES string of the molecule is O=C(O)c1cc2c(s1)c(C1CCCCC1)c1n2CCN(CCN2CCCCCCC2)c2ccccc2-1. The highest BCUT2D eigenvalue weighted by Gasteiger charge is 2.32. The summed E-state index contributed by atoms with van der Waals surface area (Å²) < 4.78 is 3.69. The number of nitrogens with zero attached hydrogens (tertiary/aromatic N) is 3. The molecule has 1 aromatic carbocycles. The van der Waals surface area contributed by atoms with Crippen LogP contribution in [0.15, 0.2) is 30.3 Å². The number of thiophene rings is 1. The van der Waals surface area contributed by atoms with Crippen molar-refractivity contribution in [1.82, 2.24) is 9.47 Å². The minimum absolute atomic E-state index is 0.471. The number of hydrogen-bond acceptors (Lipinski definition) is 4. The van der Waals surface area contributed by atoms with Crippen LogP contribution in [0.2, 0.25) is 0 Å². The number of likely N-dealkylation sites (tertiary alicyclic amines) is 1. The molecule has 2 aromatic heterocycles. The molecular weight excluding hydrogens is 466 g/mol. The smallest absolute Gasteiger partial charge is 0.345 e. The first-order valence-electron chi connectivity index (χ1n) is 14.2. The molecule has 3 aromatic rings. The van der Waals surface area contributed by atoms with E-state index in [1.54, 1.807) is 0 Å². The lowest BCUT2D eigenvalue weighted by Gasteiger charge is -2.30. The first-order chi connectivity index (χ1) is 17.7. The van der Waals surface area contributed by atoms with Crippen LogP contribution in [-0.2, 0) is 6.54 Å². The Morgan fingerprint density at radius 1 is 0.889 bits per heavy atom. The second-order valence-corrected chi connectivity index (χ2v) is 12.0. The lowest BCUT2D eigenvalue weighted by molar-refractivity contribution is 0.0702. The van der Waals surface area contributed by atoms with E-state index in [4.69, 9.17) is 0 Å². The standard InChI is InChI=1S/C30H39N3O2S/c34-30(35)26-21-25-29(36-26)27(22-11-5-4-6-12-22)28-23-13-7-8-14-24(23)32(19-20-33(25)28)18-17-31-15-9-2-1-3-10-16-31/h7-8,13-14,21-22H,1-6,9-12,15-20H2,(H,34,35). The Hall–Kier alpha value is -2.31. The summed E-state index contributed by atoms with van der Waals surface area (Å²) in [5, 5.41) is 9.78. The van der Waals surface area contributed by atoms with Crippen molar-refractivity contribution in [2.45, 2.75) is 76.7 Å². The van der Waals surface area contributed by atoms with E-state index in [0.717, 1.165) is 31.7 Å². The van der Waals surface area contributed by atoms with Gasteiger partial charge >= 0.3 is 5.97 Å². The molecule has 0 atom stereocenters. The fraction of sp³-hybridized carbons (Fsp3) is 0.567. The van der Waals surface area contributed by atoms with E-state index >= 15 is 0 Å². The van der Waals surface area contributed by atoms with Crippen LogP contribution in [0, 0.1) is 0 Å². The van der Waals surface area contributed by atoms with Crippen molar-refractivity contribution < 1.29 is 9.90 Å². The van der Waals surface area contributed by atoms with Crippen LogP contribution in [0.4, 0.5) is 5.69 Å². The van der Waals surface area contributed by atoms with Crippen LogP contribution in [-0.4, -0.2) is 53.3 Å². The first kappa shape index (κ1) is 24.1. The van der Waals surface area contributed by atoms with Gasteiger partial charge in [-0.1, -0.05) is 56.7 Å². The highest BCUT2D eigenvalue weighted by molar-refractivity contribution is 7.21. The van der Waals surface area contributed by atoms with Crippen LogP contribution in [0.5, 0.6) is 0 Å². The van der Waals surface area contributed by atoms with E-state index in [9.17, 15) is 9.90 Å². The maximum atomic E-state index is 11.9. The van der Waals surface area contributed by atoms with Crippen molar-refractivity contribution >= 4 is 33.2 Å². The van der Waals surface area contributed by atoms with E-state index in [2.05, 4.69) is 38.6 Å². The zero-order valence-corrected chi connectivity index (χ0v) is 22.2. The number of para-hydroxylation sites is 1. The predicted molar refractivity (Wildman–Crippen MR) is 150 cm³/mol. The number of carboxylic acid groups (broad SMARTS) is 1. The number of aromatic carboxylic acids is 1. The molecule has 0 unspecified atom stereocenters. The second kappa shape index (κ2) is 10.6. The largest absolute Gasteiger partial charge is 0.477 e. The number of anilines is 1. The van der Waals surface area contributed by atoms with Crippen LogP contribution in [0.1, 0.15) is 85.4 Å². The van der Waals surface area contributed by atoms with E-state index in [0.29, 0.717) is 10.8 Å². The van der Waals surface area contributed by atoms with Gasteiger partial charge in [-0.25, -0.2) is 4.79 Å². The van der Waals surface area contributed by atoms with Crippen molar-refractivity contribution in [3.8, 4) is 11.3 Å². The number of hydrogen-bond donors (Lipinski definition) is 1. The average Bonchev–Trinajstić information content (AvgIpc) is 3.39. The molecule has 2 fully saturated rings. The third-order valence-electron chi connectivity index (χ3n) is 8.73. The number of fused-ring (bicyclic) bond motifs is 5. The fourth-order valence-corrected chi connectivity index (χ4v) is 7.99. The Morgan fingerprint density at radius 2 is 1.61 bits per heavy atom. The highest BCUT2D eigenvalue weighted by atomic mass is 32.1. The molecule has 5 nitrogen and oxygen atoms in total. The molecule has 1 saturated carbocycles. The summed E-state index contributed by atoms with van der Waals surface area (Å²) in [5.74, 6) is -0.275. The van der Waals surface area contributed by atoms with Gasteiger partial charge in [0, 0.05) is 37.4 Å². The van der Waals surface area contributed by atoms with Gasteiger partial charge in [-0.15, -0.1) is 11.3 Å². The van der Waals surface area contributed by atoms with Gasteiger partial charge in [0.25, 0.3) is 0 Å². The van der Waals surface area contributed by atoms with Gasteiger partial charge in [-0.2, -0.15) is 0 Å². The van der Waals surface area contributed by atoms with Gasteiger partial charge in [-0.05, 0) is 62.4 Å². The molecule has 0 bridgehead atoms. The van der Waals surface area contributed by atoms with Crippen molar-refractivity contribution in [2.24, 2.45) is 0 Å². The summed E-state index contributed by atoms with van der Waals surface area (Å²) in [5.41, 5.74) is 6.62. The van der Waals surface area contributed by atoms with Gasteiger partial charge in [-0.3, -0.25) is 0 Å². The van der Waals surface area contributed by atoms with Crippen molar-refractivity contribution in [2.75, 3.05) is 37.6 Å². The first-order valence-corrected chi connectivity index (χ1v) is 15.0. The maximum absolute atomic E-state index is 11.9. The van der Waals surface area contributed by atoms with Gasteiger partial charge in [0.2, 0.25) is 0 Å². The maximum Gasteiger partial charge on any atom is 0.345 e. The van der Waals surface area contributed by atoms with Gasteiger partial charge < -0.3 is 19.5 Å². The Bertz CT molecular complexity index is 1210. The lowest BCUT2D eigenvalue weighted by atomic mass is 9.83. The molecule has 1 aliphatic carbocycles. The summed E-state index contributed by atoms with van der Waals surface area (Å²) in [6.45, 7) is 6.50. The number of aromatic nitrogens is 1. The van der Waals surface area contributed by atoms with Crippen LogP contribution in [0.25, 0.3) is 21.5 Å².